The summed E-state index contributed by atoms with van der Waals surface area (Å²) in [6.07, 6.45) is 1.98. The van der Waals surface area contributed by atoms with Gasteiger partial charge in [-0.05, 0) is 43.4 Å². The molecule has 3 rings (SSSR count). The van der Waals surface area contributed by atoms with Crippen LogP contribution in [0.5, 0.6) is 5.75 Å². The Morgan fingerprint density at radius 2 is 1.76 bits per heavy atom. The van der Waals surface area contributed by atoms with Crippen molar-refractivity contribution < 1.29 is 9.53 Å². The van der Waals surface area contributed by atoms with Gasteiger partial charge >= 0.3 is 6.03 Å². The standard InChI is InChI=1S/C21H26N2O2/c1-17-7-9-20(10-8-17)25-16-19-11-13-23(14-12-19)21(24)22-15-18-5-3-2-4-6-18/h2-10,19H,11-16H2,1H3,(H,22,24). The normalized spacial score (nSPS) is 15.0. The van der Waals surface area contributed by atoms with Crippen LogP contribution in [-0.2, 0) is 6.54 Å². The predicted molar refractivity (Wildman–Crippen MR) is 99.6 cm³/mol. The highest BCUT2D eigenvalue weighted by molar-refractivity contribution is 5.74. The molecule has 2 aromatic carbocycles. The molecular weight excluding hydrogens is 312 g/mol. The molecule has 0 atom stereocenters. The Hall–Kier alpha value is -2.49. The number of carbonyl (C=O) groups excluding carboxylic acids is 1. The summed E-state index contributed by atoms with van der Waals surface area (Å²) in [6.45, 7) is 4.96. The van der Waals surface area contributed by atoms with Crippen LogP contribution in [0.4, 0.5) is 4.79 Å². The van der Waals surface area contributed by atoms with E-state index in [0.717, 1.165) is 43.9 Å². The van der Waals surface area contributed by atoms with Gasteiger partial charge in [-0.25, -0.2) is 4.79 Å². The molecule has 2 aromatic rings. The maximum absolute atomic E-state index is 12.3. The van der Waals surface area contributed by atoms with Crippen molar-refractivity contribution in [2.45, 2.75) is 26.3 Å². The zero-order valence-corrected chi connectivity index (χ0v) is 14.8. The van der Waals surface area contributed by atoms with Crippen molar-refractivity contribution in [1.29, 1.82) is 0 Å². The zero-order valence-electron chi connectivity index (χ0n) is 14.8. The number of rotatable bonds is 5. The molecule has 4 nitrogen and oxygen atoms in total. The highest BCUT2D eigenvalue weighted by Crippen LogP contribution is 2.20. The average molecular weight is 338 g/mol. The number of aryl methyl sites for hydroxylation is 1. The lowest BCUT2D eigenvalue weighted by molar-refractivity contribution is 0.145. The molecule has 0 spiro atoms. The molecule has 2 amide bonds. The minimum atomic E-state index is 0.0294. The third-order valence-corrected chi connectivity index (χ3v) is 4.69. The Kier molecular flexibility index (Phi) is 5.94. The van der Waals surface area contributed by atoms with Gasteiger partial charge in [-0.3, -0.25) is 0 Å². The molecule has 4 heteroatoms. The molecule has 0 bridgehead atoms. The van der Waals surface area contributed by atoms with Crippen molar-refractivity contribution in [1.82, 2.24) is 10.2 Å². The Morgan fingerprint density at radius 1 is 1.08 bits per heavy atom. The van der Waals surface area contributed by atoms with E-state index in [1.807, 2.05) is 47.4 Å². The first-order valence-corrected chi connectivity index (χ1v) is 8.97. The summed E-state index contributed by atoms with van der Waals surface area (Å²) in [5.74, 6) is 1.44. The first-order chi connectivity index (χ1) is 12.2. The Morgan fingerprint density at radius 3 is 2.44 bits per heavy atom. The summed E-state index contributed by atoms with van der Waals surface area (Å²) in [4.78, 5) is 14.2. The lowest BCUT2D eigenvalue weighted by Crippen LogP contribution is -2.44. The van der Waals surface area contributed by atoms with E-state index in [2.05, 4.69) is 24.4 Å². The van der Waals surface area contributed by atoms with Crippen LogP contribution >= 0.6 is 0 Å². The first kappa shape index (κ1) is 17.3. The largest absolute Gasteiger partial charge is 0.493 e. The molecule has 1 N–H and O–H groups in total. The first-order valence-electron chi connectivity index (χ1n) is 8.97. The van der Waals surface area contributed by atoms with Crippen LogP contribution in [0.1, 0.15) is 24.0 Å². The molecule has 0 saturated carbocycles. The summed E-state index contributed by atoms with van der Waals surface area (Å²) in [5, 5.41) is 3.00. The molecule has 1 fully saturated rings. The quantitative estimate of drug-likeness (QED) is 0.895. The second-order valence-corrected chi connectivity index (χ2v) is 6.70. The number of amides is 2. The lowest BCUT2D eigenvalue weighted by atomic mass is 9.98. The minimum Gasteiger partial charge on any atom is -0.493 e. The third-order valence-electron chi connectivity index (χ3n) is 4.69. The molecule has 1 aliphatic heterocycles. The predicted octanol–water partition coefficient (Wildman–Crippen LogP) is 4.00. The van der Waals surface area contributed by atoms with Gasteiger partial charge in [0.25, 0.3) is 0 Å². The number of nitrogens with zero attached hydrogens (tertiary/aromatic N) is 1. The van der Waals surface area contributed by atoms with E-state index < -0.39 is 0 Å². The molecule has 0 radical (unpaired) electrons. The van der Waals surface area contributed by atoms with Gasteiger partial charge < -0.3 is 15.0 Å². The molecule has 1 heterocycles. The number of hydrogen-bond donors (Lipinski definition) is 1. The van der Waals surface area contributed by atoms with E-state index in [1.165, 1.54) is 5.56 Å². The Balaban J connectivity index is 1.37. The highest BCUT2D eigenvalue weighted by atomic mass is 16.5. The summed E-state index contributed by atoms with van der Waals surface area (Å²) >= 11 is 0. The Labute approximate surface area is 149 Å². The van der Waals surface area contributed by atoms with Gasteiger partial charge in [0.15, 0.2) is 0 Å². The van der Waals surface area contributed by atoms with E-state index in [1.54, 1.807) is 0 Å². The fourth-order valence-electron chi connectivity index (χ4n) is 3.04. The summed E-state index contributed by atoms with van der Waals surface area (Å²) in [5.41, 5.74) is 2.36. The number of likely N-dealkylation sites (tertiary alicyclic amines) is 1. The number of nitrogens with one attached hydrogen (secondary N) is 1. The number of carbonyl (C=O) groups is 1. The smallest absolute Gasteiger partial charge is 0.317 e. The summed E-state index contributed by atoms with van der Waals surface area (Å²) < 4.78 is 5.88. The molecule has 1 saturated heterocycles. The van der Waals surface area contributed by atoms with Gasteiger partial charge in [0, 0.05) is 19.6 Å². The van der Waals surface area contributed by atoms with E-state index in [4.69, 9.17) is 4.74 Å². The van der Waals surface area contributed by atoms with Crippen molar-refractivity contribution >= 4 is 6.03 Å². The average Bonchev–Trinajstić information content (AvgIpc) is 2.67. The molecule has 0 unspecified atom stereocenters. The van der Waals surface area contributed by atoms with Gasteiger partial charge in [0.2, 0.25) is 0 Å². The van der Waals surface area contributed by atoms with Crippen molar-refractivity contribution in [3.05, 3.63) is 65.7 Å². The Bertz CT molecular complexity index is 662. The van der Waals surface area contributed by atoms with Gasteiger partial charge in [-0.15, -0.1) is 0 Å². The minimum absolute atomic E-state index is 0.0294. The molecule has 25 heavy (non-hydrogen) atoms. The fraction of sp³-hybridized carbons (Fsp3) is 0.381. The zero-order chi connectivity index (χ0) is 17.5. The monoisotopic (exact) mass is 338 g/mol. The molecular formula is C21H26N2O2. The molecule has 0 aliphatic carbocycles. The van der Waals surface area contributed by atoms with E-state index in [-0.39, 0.29) is 6.03 Å². The summed E-state index contributed by atoms with van der Waals surface area (Å²) in [6, 6.07) is 18.2. The van der Waals surface area contributed by atoms with Crippen LogP contribution in [0.15, 0.2) is 54.6 Å². The van der Waals surface area contributed by atoms with Crippen LogP contribution in [0.2, 0.25) is 0 Å². The van der Waals surface area contributed by atoms with Crippen molar-refractivity contribution in [2.24, 2.45) is 5.92 Å². The van der Waals surface area contributed by atoms with E-state index in [9.17, 15) is 4.79 Å². The maximum Gasteiger partial charge on any atom is 0.317 e. The van der Waals surface area contributed by atoms with Crippen LogP contribution in [-0.4, -0.2) is 30.6 Å². The molecule has 1 aliphatic rings. The second kappa shape index (κ2) is 8.56. The van der Waals surface area contributed by atoms with Crippen molar-refractivity contribution in [2.75, 3.05) is 19.7 Å². The maximum atomic E-state index is 12.3. The van der Waals surface area contributed by atoms with Gasteiger partial charge in [-0.2, -0.15) is 0 Å². The van der Waals surface area contributed by atoms with Gasteiger partial charge in [0.05, 0.1) is 6.61 Å². The van der Waals surface area contributed by atoms with Crippen LogP contribution in [0, 0.1) is 12.8 Å². The topological polar surface area (TPSA) is 41.6 Å². The van der Waals surface area contributed by atoms with Gasteiger partial charge in [-0.1, -0.05) is 48.0 Å². The number of ether oxygens (including phenoxy) is 1. The van der Waals surface area contributed by atoms with Gasteiger partial charge in [0.1, 0.15) is 5.75 Å². The van der Waals surface area contributed by atoms with E-state index >= 15 is 0 Å². The third kappa shape index (κ3) is 5.24. The number of benzene rings is 2. The van der Waals surface area contributed by atoms with Crippen LogP contribution in [0.3, 0.4) is 0 Å². The van der Waals surface area contributed by atoms with E-state index in [0.29, 0.717) is 12.5 Å². The lowest BCUT2D eigenvalue weighted by Gasteiger charge is -2.32. The SMILES string of the molecule is Cc1ccc(OCC2CCN(C(=O)NCc3ccccc3)CC2)cc1. The molecule has 0 aromatic heterocycles. The highest BCUT2D eigenvalue weighted by Gasteiger charge is 2.23. The van der Waals surface area contributed by atoms with Crippen molar-refractivity contribution in [3.8, 4) is 5.75 Å². The number of piperidine rings is 1. The molecule has 132 valence electrons. The van der Waals surface area contributed by atoms with Crippen LogP contribution < -0.4 is 10.1 Å². The van der Waals surface area contributed by atoms with Crippen molar-refractivity contribution in [3.63, 3.8) is 0 Å². The summed E-state index contributed by atoms with van der Waals surface area (Å²) in [7, 11) is 0. The fourth-order valence-corrected chi connectivity index (χ4v) is 3.04. The second-order valence-electron chi connectivity index (χ2n) is 6.70. The number of urea groups is 1. The number of hydrogen-bond acceptors (Lipinski definition) is 2. The van der Waals surface area contributed by atoms with Crippen LogP contribution in [0.25, 0.3) is 0 Å².